The van der Waals surface area contributed by atoms with E-state index in [1.165, 1.54) is 42.4 Å². The summed E-state index contributed by atoms with van der Waals surface area (Å²) in [6, 6.07) is 7.22. The largest absolute Gasteiger partial charge is 0.453 e. The molecular weight excluding hydrogens is 569 g/mol. The molecule has 2 aromatic heterocycles. The Morgan fingerprint density at radius 2 is 2.10 bits per heavy atom. The Bertz CT molecular complexity index is 1700. The van der Waals surface area contributed by atoms with E-state index < -0.39 is 23.9 Å². The molecule has 0 spiro atoms. The lowest BCUT2D eigenvalue weighted by atomic mass is 10.1. The molecule has 4 N–H and O–H groups in total. The summed E-state index contributed by atoms with van der Waals surface area (Å²) in [6.07, 6.45) is 8.55. The Morgan fingerprint density at radius 1 is 1.24 bits per heavy atom. The summed E-state index contributed by atoms with van der Waals surface area (Å²) >= 11 is 5.97. The fourth-order valence-electron chi connectivity index (χ4n) is 4.20. The van der Waals surface area contributed by atoms with Crippen LogP contribution in [0.3, 0.4) is 0 Å². The molecular formula is C27H23ClFN9O4. The summed E-state index contributed by atoms with van der Waals surface area (Å²) in [5.74, 6) is -1.10. The number of carbonyl (C=O) groups excluding carboxylic acids is 3. The van der Waals surface area contributed by atoms with Crippen LogP contribution in [-0.2, 0) is 14.3 Å². The highest BCUT2D eigenvalue weighted by Crippen LogP contribution is 2.32. The van der Waals surface area contributed by atoms with Crippen molar-refractivity contribution in [1.29, 1.82) is 0 Å². The van der Waals surface area contributed by atoms with Crippen molar-refractivity contribution in [1.82, 2.24) is 35.5 Å². The van der Waals surface area contributed by atoms with Crippen LogP contribution in [0.4, 0.5) is 20.6 Å². The van der Waals surface area contributed by atoms with Crippen LogP contribution in [0.2, 0.25) is 5.02 Å². The second kappa shape index (κ2) is 12.4. The van der Waals surface area contributed by atoms with Gasteiger partial charge in [-0.15, -0.1) is 5.10 Å². The van der Waals surface area contributed by atoms with Gasteiger partial charge < -0.3 is 20.4 Å². The van der Waals surface area contributed by atoms with Gasteiger partial charge in [0.05, 0.1) is 35.2 Å². The Labute approximate surface area is 242 Å². The van der Waals surface area contributed by atoms with E-state index in [1.54, 1.807) is 36.5 Å². The minimum Gasteiger partial charge on any atom is -0.453 e. The second-order valence-corrected chi connectivity index (χ2v) is 9.36. The van der Waals surface area contributed by atoms with E-state index in [0.29, 0.717) is 34.9 Å². The van der Waals surface area contributed by atoms with Crippen molar-refractivity contribution in [3.63, 3.8) is 0 Å². The van der Waals surface area contributed by atoms with Gasteiger partial charge in [-0.25, -0.2) is 14.2 Å². The molecule has 15 heteroatoms. The number of methoxy groups -OCH3 is 1. The fourth-order valence-corrected chi connectivity index (χ4v) is 4.36. The van der Waals surface area contributed by atoms with Crippen molar-refractivity contribution in [2.24, 2.45) is 0 Å². The van der Waals surface area contributed by atoms with Crippen LogP contribution < -0.4 is 16.0 Å². The van der Waals surface area contributed by atoms with Crippen LogP contribution in [-0.4, -0.2) is 55.2 Å². The van der Waals surface area contributed by atoms with Gasteiger partial charge in [0.2, 0.25) is 11.8 Å². The normalized spacial score (nSPS) is 15.6. The minimum atomic E-state index is -0.736. The predicted molar refractivity (Wildman–Crippen MR) is 151 cm³/mol. The number of carbonyl (C=O) groups is 3. The summed E-state index contributed by atoms with van der Waals surface area (Å²) in [6.45, 7) is 0. The molecule has 1 aliphatic rings. The first-order valence-electron chi connectivity index (χ1n) is 12.5. The number of imidazole rings is 1. The highest BCUT2D eigenvalue weighted by molar-refractivity contribution is 6.31. The molecule has 5 rings (SSSR count). The third-order valence-corrected chi connectivity index (χ3v) is 6.49. The number of anilines is 2. The highest BCUT2D eigenvalue weighted by Gasteiger charge is 2.20. The molecule has 0 saturated carbocycles. The average molecular weight is 592 g/mol. The molecule has 13 nitrogen and oxygen atoms in total. The molecule has 0 fully saturated rings. The van der Waals surface area contributed by atoms with Gasteiger partial charge in [0, 0.05) is 35.5 Å². The third kappa shape index (κ3) is 6.33. The number of fused-ring (bicyclic) bond motifs is 4. The molecule has 214 valence electrons. The van der Waals surface area contributed by atoms with E-state index in [1.807, 2.05) is 0 Å². The van der Waals surface area contributed by atoms with Gasteiger partial charge in [0.15, 0.2) is 5.82 Å². The van der Waals surface area contributed by atoms with E-state index in [9.17, 15) is 18.8 Å². The van der Waals surface area contributed by atoms with Gasteiger partial charge in [0.25, 0.3) is 0 Å². The number of hydrogen-bond acceptors (Lipinski definition) is 8. The standard InChI is InChI=1S/C27H23ClFN9O4/c1-42-27(41)32-15-6-7-16-20(12-15)34-23(39)5-3-2-4-19(26-30-13-21(16)35-26)33-24(40)11-8-17-22(38-14-31-36-37-38)10-9-18(28)25(17)29/h2-3,6-14,19H,4-5H2,1H3,(H,30,35)(H,32,41)(H,33,40)(H,34,39)/b3-2+,11-8+/t19-/m0/s1. The topological polar surface area (TPSA) is 169 Å². The summed E-state index contributed by atoms with van der Waals surface area (Å²) < 4.78 is 20.8. The summed E-state index contributed by atoms with van der Waals surface area (Å²) in [4.78, 5) is 45.0. The molecule has 4 aromatic rings. The molecule has 0 aliphatic carbocycles. The van der Waals surface area contributed by atoms with Crippen molar-refractivity contribution >= 4 is 47.0 Å². The Morgan fingerprint density at radius 3 is 2.88 bits per heavy atom. The predicted octanol–water partition coefficient (Wildman–Crippen LogP) is 4.18. The SMILES string of the molecule is COC(=O)Nc1ccc2c(c1)NC(=O)C/C=C/C[C@H](NC(=O)/C=C/c1c(-n3cnnn3)ccc(Cl)c1F)c1nc-2c[nH]1. The number of nitrogens with one attached hydrogen (secondary N) is 4. The highest BCUT2D eigenvalue weighted by atomic mass is 35.5. The number of tetrazole rings is 1. The van der Waals surface area contributed by atoms with E-state index in [4.69, 9.17) is 11.6 Å². The van der Waals surface area contributed by atoms with Crippen LogP contribution >= 0.6 is 11.6 Å². The molecule has 0 unspecified atom stereocenters. The number of rotatable bonds is 5. The Kier molecular flexibility index (Phi) is 8.34. The first-order valence-corrected chi connectivity index (χ1v) is 12.9. The molecule has 1 atom stereocenters. The quantitative estimate of drug-likeness (QED) is 0.198. The lowest BCUT2D eigenvalue weighted by Crippen LogP contribution is -2.27. The van der Waals surface area contributed by atoms with Gasteiger partial charge in [0.1, 0.15) is 12.2 Å². The third-order valence-electron chi connectivity index (χ3n) is 6.19. The number of hydrogen-bond donors (Lipinski definition) is 4. The Balaban J connectivity index is 1.41. The molecule has 0 saturated heterocycles. The number of amides is 3. The van der Waals surface area contributed by atoms with Crippen LogP contribution in [0.25, 0.3) is 23.0 Å². The number of aromatic amines is 1. The maximum atomic E-state index is 14.9. The second-order valence-electron chi connectivity index (χ2n) is 8.95. The van der Waals surface area contributed by atoms with E-state index in [0.717, 1.165) is 0 Å². The lowest BCUT2D eigenvalue weighted by molar-refractivity contribution is -0.117. The van der Waals surface area contributed by atoms with Crippen molar-refractivity contribution < 1.29 is 23.5 Å². The number of benzene rings is 2. The van der Waals surface area contributed by atoms with Crippen molar-refractivity contribution in [2.45, 2.75) is 18.9 Å². The van der Waals surface area contributed by atoms with Gasteiger partial charge in [-0.05, 0) is 53.3 Å². The lowest BCUT2D eigenvalue weighted by Gasteiger charge is -2.15. The van der Waals surface area contributed by atoms with Crippen LogP contribution in [0.1, 0.15) is 30.3 Å². The van der Waals surface area contributed by atoms with E-state index in [-0.39, 0.29) is 28.6 Å². The molecule has 2 aromatic carbocycles. The van der Waals surface area contributed by atoms with Gasteiger partial charge in [-0.2, -0.15) is 4.68 Å². The van der Waals surface area contributed by atoms with E-state index >= 15 is 0 Å². The van der Waals surface area contributed by atoms with Gasteiger partial charge >= 0.3 is 6.09 Å². The fraction of sp³-hybridized carbons (Fsp3) is 0.148. The van der Waals surface area contributed by atoms with E-state index in [2.05, 4.69) is 46.2 Å². The first kappa shape index (κ1) is 28.2. The van der Waals surface area contributed by atoms with Crippen LogP contribution in [0.5, 0.6) is 0 Å². The molecule has 42 heavy (non-hydrogen) atoms. The zero-order chi connectivity index (χ0) is 29.6. The zero-order valence-corrected chi connectivity index (χ0v) is 22.7. The van der Waals surface area contributed by atoms with Gasteiger partial charge in [-0.3, -0.25) is 14.9 Å². The van der Waals surface area contributed by atoms with Crippen LogP contribution in [0.15, 0.2) is 61.1 Å². The molecule has 1 aliphatic heterocycles. The summed E-state index contributed by atoms with van der Waals surface area (Å²) in [7, 11) is 1.25. The average Bonchev–Trinajstić information content (AvgIpc) is 3.68. The summed E-state index contributed by atoms with van der Waals surface area (Å²) in [5.41, 5.74) is 2.23. The molecule has 0 radical (unpaired) electrons. The first-order chi connectivity index (χ1) is 20.3. The molecule has 3 amide bonds. The maximum Gasteiger partial charge on any atom is 0.411 e. The van der Waals surface area contributed by atoms with Gasteiger partial charge in [-0.1, -0.05) is 23.8 Å². The minimum absolute atomic E-state index is 0.0208. The monoisotopic (exact) mass is 591 g/mol. The Hall–Kier alpha value is -5.37. The number of halogens is 2. The zero-order valence-electron chi connectivity index (χ0n) is 22.0. The van der Waals surface area contributed by atoms with Crippen molar-refractivity contribution in [3.05, 3.63) is 83.3 Å². The number of ether oxygens (including phenoxy) is 1. The molecule has 3 heterocycles. The molecule has 2 bridgehead atoms. The smallest absolute Gasteiger partial charge is 0.411 e. The van der Waals surface area contributed by atoms with Crippen molar-refractivity contribution in [3.8, 4) is 16.9 Å². The maximum absolute atomic E-state index is 14.9. The number of nitrogens with zero attached hydrogens (tertiary/aromatic N) is 5. The number of aromatic nitrogens is 6. The van der Waals surface area contributed by atoms with Crippen molar-refractivity contribution in [2.75, 3.05) is 17.7 Å². The summed E-state index contributed by atoms with van der Waals surface area (Å²) in [5, 5.41) is 19.0. The van der Waals surface area contributed by atoms with Crippen LogP contribution in [0, 0.1) is 5.82 Å². The number of H-pyrrole nitrogens is 1.